The van der Waals surface area contributed by atoms with E-state index in [1.165, 1.54) is 12.1 Å². The van der Waals surface area contributed by atoms with Crippen LogP contribution >= 0.6 is 0 Å². The first kappa shape index (κ1) is 14.5. The molecule has 1 saturated heterocycles. The fourth-order valence-corrected chi connectivity index (χ4v) is 2.69. The molecule has 1 unspecified atom stereocenters. The van der Waals surface area contributed by atoms with E-state index in [9.17, 15) is 9.18 Å². The van der Waals surface area contributed by atoms with E-state index < -0.39 is 0 Å². The molecule has 0 aromatic heterocycles. The lowest BCUT2D eigenvalue weighted by molar-refractivity contribution is -0.139. The number of oxime groups is 1. The SMILES string of the molecule is CC(C)(C)N1C(=O)C/C(=N/O)CC1c1ccc(F)cc1. The van der Waals surface area contributed by atoms with Crippen LogP contribution in [-0.4, -0.2) is 27.3 Å². The van der Waals surface area contributed by atoms with Crippen LogP contribution in [-0.2, 0) is 4.79 Å². The fourth-order valence-electron chi connectivity index (χ4n) is 2.69. The van der Waals surface area contributed by atoms with Gasteiger partial charge in [-0.1, -0.05) is 17.3 Å². The molecule has 0 aliphatic carbocycles. The summed E-state index contributed by atoms with van der Waals surface area (Å²) in [7, 11) is 0. The smallest absolute Gasteiger partial charge is 0.229 e. The van der Waals surface area contributed by atoms with Crippen LogP contribution in [0.1, 0.15) is 45.2 Å². The third-order valence-corrected chi connectivity index (χ3v) is 3.48. The molecule has 108 valence electrons. The maximum atomic E-state index is 13.1. The van der Waals surface area contributed by atoms with E-state index in [2.05, 4.69) is 5.16 Å². The number of carbonyl (C=O) groups excluding carboxylic acids is 1. The molecule has 1 fully saturated rings. The van der Waals surface area contributed by atoms with Crippen molar-refractivity contribution in [2.75, 3.05) is 0 Å². The van der Waals surface area contributed by atoms with Crippen LogP contribution in [0.4, 0.5) is 4.39 Å². The van der Waals surface area contributed by atoms with Crippen molar-refractivity contribution in [2.24, 2.45) is 5.16 Å². The summed E-state index contributed by atoms with van der Waals surface area (Å²) < 4.78 is 13.1. The van der Waals surface area contributed by atoms with Crippen molar-refractivity contribution in [1.29, 1.82) is 0 Å². The predicted octanol–water partition coefficient (Wildman–Crippen LogP) is 3.12. The van der Waals surface area contributed by atoms with Crippen LogP contribution < -0.4 is 0 Å². The van der Waals surface area contributed by atoms with E-state index >= 15 is 0 Å². The lowest BCUT2D eigenvalue weighted by Crippen LogP contribution is -2.51. The van der Waals surface area contributed by atoms with Crippen molar-refractivity contribution in [3.8, 4) is 0 Å². The second-order valence-corrected chi connectivity index (χ2v) is 6.05. The quantitative estimate of drug-likeness (QED) is 0.634. The van der Waals surface area contributed by atoms with Crippen molar-refractivity contribution in [1.82, 2.24) is 4.90 Å². The minimum Gasteiger partial charge on any atom is -0.411 e. The molecule has 1 aromatic rings. The molecule has 1 heterocycles. The van der Waals surface area contributed by atoms with Crippen LogP contribution in [0.5, 0.6) is 0 Å². The van der Waals surface area contributed by atoms with Gasteiger partial charge in [0.15, 0.2) is 0 Å². The predicted molar refractivity (Wildman–Crippen MR) is 74.2 cm³/mol. The normalized spacial score (nSPS) is 22.4. The van der Waals surface area contributed by atoms with E-state index in [1.54, 1.807) is 17.0 Å². The van der Waals surface area contributed by atoms with Crippen LogP contribution in [0, 0.1) is 5.82 Å². The van der Waals surface area contributed by atoms with Gasteiger partial charge in [-0.2, -0.15) is 0 Å². The highest BCUT2D eigenvalue weighted by molar-refractivity contribution is 6.03. The lowest BCUT2D eigenvalue weighted by Gasteiger charge is -2.45. The van der Waals surface area contributed by atoms with E-state index in [0.717, 1.165) is 5.56 Å². The zero-order valence-electron chi connectivity index (χ0n) is 11.9. The second kappa shape index (κ2) is 5.23. The first-order valence-electron chi connectivity index (χ1n) is 6.60. The molecule has 1 amide bonds. The van der Waals surface area contributed by atoms with Crippen LogP contribution in [0.3, 0.4) is 0 Å². The number of rotatable bonds is 1. The van der Waals surface area contributed by atoms with E-state index in [1.807, 2.05) is 20.8 Å². The molecule has 0 radical (unpaired) electrons. The summed E-state index contributed by atoms with van der Waals surface area (Å²) in [5.74, 6) is -0.389. The summed E-state index contributed by atoms with van der Waals surface area (Å²) in [5, 5.41) is 12.2. The number of likely N-dealkylation sites (tertiary alicyclic amines) is 1. The Morgan fingerprint density at radius 2 is 1.90 bits per heavy atom. The molecule has 0 spiro atoms. The van der Waals surface area contributed by atoms with Gasteiger partial charge in [-0.3, -0.25) is 4.79 Å². The van der Waals surface area contributed by atoms with Gasteiger partial charge >= 0.3 is 0 Å². The zero-order chi connectivity index (χ0) is 14.9. The summed E-state index contributed by atoms with van der Waals surface area (Å²) in [4.78, 5) is 14.1. The van der Waals surface area contributed by atoms with Crippen molar-refractivity contribution in [3.63, 3.8) is 0 Å². The van der Waals surface area contributed by atoms with Crippen LogP contribution in [0.15, 0.2) is 29.4 Å². The van der Waals surface area contributed by atoms with Crippen molar-refractivity contribution >= 4 is 11.6 Å². The molecule has 4 nitrogen and oxygen atoms in total. The van der Waals surface area contributed by atoms with Crippen molar-refractivity contribution < 1.29 is 14.4 Å². The minimum absolute atomic E-state index is 0.0779. The number of benzene rings is 1. The Labute approximate surface area is 117 Å². The molecule has 1 aromatic carbocycles. The molecular formula is C15H19FN2O2. The number of carbonyl (C=O) groups is 1. The second-order valence-electron chi connectivity index (χ2n) is 6.05. The van der Waals surface area contributed by atoms with Gasteiger partial charge in [0.2, 0.25) is 5.91 Å². The van der Waals surface area contributed by atoms with Gasteiger partial charge < -0.3 is 10.1 Å². The third kappa shape index (κ3) is 2.81. The number of hydrogen-bond acceptors (Lipinski definition) is 3. The Kier molecular flexibility index (Phi) is 3.79. The molecule has 1 N–H and O–H groups in total. The van der Waals surface area contributed by atoms with Gasteiger partial charge in [0.25, 0.3) is 0 Å². The van der Waals surface area contributed by atoms with E-state index in [0.29, 0.717) is 12.1 Å². The molecular weight excluding hydrogens is 259 g/mol. The summed E-state index contributed by atoms with van der Waals surface area (Å²) >= 11 is 0. The van der Waals surface area contributed by atoms with Gasteiger partial charge in [0.1, 0.15) is 5.82 Å². The van der Waals surface area contributed by atoms with Gasteiger partial charge in [-0.25, -0.2) is 4.39 Å². The minimum atomic E-state index is -0.350. The summed E-state index contributed by atoms with van der Waals surface area (Å²) in [6.07, 6.45) is 0.594. The third-order valence-electron chi connectivity index (χ3n) is 3.48. The van der Waals surface area contributed by atoms with Crippen LogP contribution in [0.25, 0.3) is 0 Å². The van der Waals surface area contributed by atoms with Crippen LogP contribution in [0.2, 0.25) is 0 Å². The Bertz CT molecular complexity index is 532. The number of hydrogen-bond donors (Lipinski definition) is 1. The maximum absolute atomic E-state index is 13.1. The Hall–Kier alpha value is -1.91. The highest BCUT2D eigenvalue weighted by atomic mass is 19.1. The standard InChI is InChI=1S/C15H19FN2O2/c1-15(2,3)18-13(8-12(17-20)9-14(18)19)10-4-6-11(16)7-5-10/h4-7,13,20H,8-9H2,1-3H3/b17-12+. The molecule has 2 rings (SSSR count). The number of nitrogens with zero attached hydrogens (tertiary/aromatic N) is 2. The average molecular weight is 278 g/mol. The number of halogens is 1. The Morgan fingerprint density at radius 1 is 1.30 bits per heavy atom. The lowest BCUT2D eigenvalue weighted by atomic mass is 9.89. The topological polar surface area (TPSA) is 52.9 Å². The number of piperidine rings is 1. The van der Waals surface area contributed by atoms with Gasteiger partial charge in [-0.15, -0.1) is 0 Å². The molecule has 0 saturated carbocycles. The highest BCUT2D eigenvalue weighted by Crippen LogP contribution is 2.35. The molecule has 1 aliphatic heterocycles. The largest absolute Gasteiger partial charge is 0.411 e. The number of amides is 1. The molecule has 5 heteroatoms. The Balaban J connectivity index is 2.43. The van der Waals surface area contributed by atoms with Gasteiger partial charge in [0.05, 0.1) is 18.2 Å². The molecule has 0 bridgehead atoms. The van der Waals surface area contributed by atoms with Gasteiger partial charge in [0, 0.05) is 12.0 Å². The summed E-state index contributed by atoms with van der Waals surface area (Å²) in [6, 6.07) is 5.87. The zero-order valence-corrected chi connectivity index (χ0v) is 11.9. The summed E-state index contributed by atoms with van der Waals surface area (Å²) in [6.45, 7) is 5.88. The van der Waals surface area contributed by atoms with Crippen molar-refractivity contribution in [3.05, 3.63) is 35.6 Å². The first-order chi connectivity index (χ1) is 9.32. The molecule has 1 aliphatic rings. The fraction of sp³-hybridized carbons (Fsp3) is 0.467. The van der Waals surface area contributed by atoms with E-state index in [4.69, 9.17) is 5.21 Å². The highest BCUT2D eigenvalue weighted by Gasteiger charge is 2.39. The Morgan fingerprint density at radius 3 is 2.40 bits per heavy atom. The van der Waals surface area contributed by atoms with Crippen molar-refractivity contribution in [2.45, 2.75) is 45.2 Å². The first-order valence-corrected chi connectivity index (χ1v) is 6.60. The van der Waals surface area contributed by atoms with Gasteiger partial charge in [-0.05, 0) is 38.5 Å². The van der Waals surface area contributed by atoms with E-state index in [-0.39, 0.29) is 29.7 Å². The maximum Gasteiger partial charge on any atom is 0.229 e. The average Bonchev–Trinajstić information content (AvgIpc) is 2.37. The summed E-state index contributed by atoms with van der Waals surface area (Å²) in [5.41, 5.74) is 0.956. The molecule has 1 atom stereocenters. The monoisotopic (exact) mass is 278 g/mol. The molecule has 20 heavy (non-hydrogen) atoms.